The van der Waals surface area contributed by atoms with Gasteiger partial charge in [-0.15, -0.1) is 0 Å². The lowest BCUT2D eigenvalue weighted by Gasteiger charge is -2.30. The lowest BCUT2D eigenvalue weighted by molar-refractivity contribution is -0.481. The minimum Gasteiger partial charge on any atom is -0.481 e. The fourth-order valence-electron chi connectivity index (χ4n) is 7.94. The summed E-state index contributed by atoms with van der Waals surface area (Å²) in [6.45, 7) is 5.29. The average Bonchev–Trinajstić information content (AvgIpc) is 3.49. The first-order chi connectivity index (χ1) is 27.2. The summed E-state index contributed by atoms with van der Waals surface area (Å²) in [7, 11) is -18.0. The van der Waals surface area contributed by atoms with Gasteiger partial charge in [0.2, 0.25) is 5.69 Å². The number of benzene rings is 2. The molecule has 0 aliphatic carbocycles. The van der Waals surface area contributed by atoms with Crippen LogP contribution in [-0.2, 0) is 56.1 Å². The Morgan fingerprint density at radius 2 is 1.31 bits per heavy atom. The van der Waals surface area contributed by atoms with Crippen molar-refractivity contribution >= 4 is 63.5 Å². The molecule has 0 bridgehead atoms. The highest BCUT2D eigenvalue weighted by Crippen LogP contribution is 2.51. The molecule has 2 heterocycles. The van der Waals surface area contributed by atoms with Gasteiger partial charge in [0.15, 0.2) is 11.8 Å². The highest BCUT2D eigenvalue weighted by atomic mass is 32.2. The Labute approximate surface area is 345 Å². The molecule has 2 aromatic carbocycles. The Morgan fingerprint density at radius 3 is 1.85 bits per heavy atom. The van der Waals surface area contributed by atoms with E-state index in [2.05, 4.69) is 0 Å². The SMILES string of the molecule is CC(CO)[N+]1=C(/C=C/C=C/C=C2/N(CCCCCC(=O)O)c3ccc(S(=O)(=O)O)cc3C2(C)CCCS(=O)(=O)O)C(C)(CCCS(=O)(=O)O)c2cc(S(=O)(=O)O)ccc21. The second kappa shape index (κ2) is 18.4. The van der Waals surface area contributed by atoms with E-state index in [1.807, 2.05) is 4.90 Å². The molecule has 0 radical (unpaired) electrons. The van der Waals surface area contributed by atoms with Crippen LogP contribution in [0.15, 0.2) is 82.3 Å². The zero-order valence-electron chi connectivity index (χ0n) is 32.8. The maximum atomic E-state index is 12.2. The molecule has 0 amide bonds. The van der Waals surface area contributed by atoms with Gasteiger partial charge in [-0.1, -0.05) is 24.6 Å². The van der Waals surface area contributed by atoms with Gasteiger partial charge < -0.3 is 15.1 Å². The van der Waals surface area contributed by atoms with Crippen molar-refractivity contribution < 1.29 is 71.5 Å². The summed E-state index contributed by atoms with van der Waals surface area (Å²) in [5, 5.41) is 19.4. The van der Waals surface area contributed by atoms with Crippen LogP contribution in [0.1, 0.15) is 83.3 Å². The van der Waals surface area contributed by atoms with E-state index >= 15 is 0 Å². The Bertz CT molecular complexity index is 2510. The molecule has 17 nitrogen and oxygen atoms in total. The fourth-order valence-corrected chi connectivity index (χ4v) is 9.97. The van der Waals surface area contributed by atoms with Gasteiger partial charge in [0.25, 0.3) is 40.5 Å². The molecule has 2 aromatic rings. The number of anilines is 1. The first-order valence-electron chi connectivity index (χ1n) is 18.7. The number of hydrogen-bond donors (Lipinski definition) is 6. The molecule has 21 heteroatoms. The van der Waals surface area contributed by atoms with E-state index < -0.39 is 79.7 Å². The Hall–Kier alpha value is -3.80. The van der Waals surface area contributed by atoms with Crippen molar-refractivity contribution in [3.05, 3.63) is 83.6 Å². The molecule has 0 saturated carbocycles. The van der Waals surface area contributed by atoms with E-state index in [1.165, 1.54) is 36.4 Å². The number of nitrogens with zero attached hydrogens (tertiary/aromatic N) is 2. The van der Waals surface area contributed by atoms with Gasteiger partial charge in [-0.05, 0) is 94.3 Å². The van der Waals surface area contributed by atoms with Gasteiger partial charge in [-0.3, -0.25) is 23.0 Å². The van der Waals surface area contributed by atoms with Crippen LogP contribution in [0.3, 0.4) is 0 Å². The highest BCUT2D eigenvalue weighted by Gasteiger charge is 2.49. The Balaban J connectivity index is 1.83. The van der Waals surface area contributed by atoms with Crippen LogP contribution in [-0.4, -0.2) is 109 Å². The van der Waals surface area contributed by atoms with Crippen molar-refractivity contribution in [3.63, 3.8) is 0 Å². The van der Waals surface area contributed by atoms with Crippen LogP contribution in [0.4, 0.5) is 11.4 Å². The minimum atomic E-state index is -4.64. The lowest BCUT2D eigenvalue weighted by Crippen LogP contribution is -2.35. The van der Waals surface area contributed by atoms with Crippen LogP contribution < -0.4 is 4.90 Å². The van der Waals surface area contributed by atoms with Gasteiger partial charge >= 0.3 is 5.97 Å². The third-order valence-corrected chi connectivity index (χ3v) is 14.1. The number of allylic oxidation sites excluding steroid dienone is 6. The normalized spacial score (nSPS) is 21.2. The maximum Gasteiger partial charge on any atom is 0.303 e. The number of carboxylic acids is 1. The summed E-state index contributed by atoms with van der Waals surface area (Å²) in [6.07, 6.45) is 10.1. The molecule has 2 aliphatic rings. The molecule has 4 rings (SSSR count). The largest absolute Gasteiger partial charge is 0.481 e. The van der Waals surface area contributed by atoms with E-state index in [1.54, 1.807) is 55.7 Å². The van der Waals surface area contributed by atoms with Crippen molar-refractivity contribution in [1.29, 1.82) is 0 Å². The molecule has 59 heavy (non-hydrogen) atoms. The van der Waals surface area contributed by atoms with Crippen LogP contribution in [0, 0.1) is 0 Å². The van der Waals surface area contributed by atoms with E-state index in [0.29, 0.717) is 59.7 Å². The Kier molecular flexibility index (Phi) is 15.0. The van der Waals surface area contributed by atoms with E-state index in [0.717, 1.165) is 0 Å². The molecule has 3 atom stereocenters. The van der Waals surface area contributed by atoms with Crippen molar-refractivity contribution in [1.82, 2.24) is 0 Å². The minimum absolute atomic E-state index is 0.0223. The third-order valence-electron chi connectivity index (χ3n) is 10.8. The second-order valence-electron chi connectivity index (χ2n) is 15.2. The summed E-state index contributed by atoms with van der Waals surface area (Å²) in [5.74, 6) is -2.09. The summed E-state index contributed by atoms with van der Waals surface area (Å²) >= 11 is 0. The van der Waals surface area contributed by atoms with Gasteiger partial charge in [0.05, 0.1) is 26.7 Å². The predicted octanol–water partition coefficient (Wildman–Crippen LogP) is 4.67. The number of rotatable bonds is 21. The molecule has 2 aliphatic heterocycles. The number of aliphatic carboxylic acids is 1. The van der Waals surface area contributed by atoms with Crippen LogP contribution in [0.25, 0.3) is 0 Å². The first kappa shape index (κ1) is 47.9. The molecule has 0 spiro atoms. The number of fused-ring (bicyclic) bond motifs is 2. The molecule has 3 unspecified atom stereocenters. The van der Waals surface area contributed by atoms with Crippen molar-refractivity contribution in [2.75, 3.05) is 29.6 Å². The first-order valence-corrected chi connectivity index (χ1v) is 24.8. The molecule has 326 valence electrons. The number of hydrogen-bond acceptors (Lipinski definition) is 11. The van der Waals surface area contributed by atoms with Crippen molar-refractivity contribution in [2.45, 2.75) is 98.8 Å². The van der Waals surface area contributed by atoms with Gasteiger partial charge in [0.1, 0.15) is 6.61 Å². The van der Waals surface area contributed by atoms with E-state index in [4.69, 9.17) is 5.11 Å². The molecular formula is C38H51N2O15S4+. The smallest absolute Gasteiger partial charge is 0.303 e. The standard InChI is InChI=1S/C38H50N2O15S4/c1-27(26-41)40-33-18-16-29(59(53,54)55)25-31(33)38(3,20-11-23-57(47,48)49)35(40)13-7-4-6-12-34-37(2,19-10-22-56(44,45)46)30-24-28(58(50,51)52)15-17-32(30)39(34)21-9-5-8-14-36(42)43/h4,6-7,12-13,15-18,24-25,27,41H,5,8-11,14,19-23,26H2,1-3H3,(H4-,42,43,44,45,46,47,48,49,50,51,52,53,54,55)/p+1. The van der Waals surface area contributed by atoms with Gasteiger partial charge in [0, 0.05) is 54.4 Å². The number of carboxylic acid groups (broad SMARTS) is 1. The Morgan fingerprint density at radius 1 is 0.746 bits per heavy atom. The molecular weight excluding hydrogens is 853 g/mol. The van der Waals surface area contributed by atoms with Crippen molar-refractivity contribution in [2.24, 2.45) is 0 Å². The van der Waals surface area contributed by atoms with Crippen molar-refractivity contribution in [3.8, 4) is 0 Å². The number of aliphatic hydroxyl groups is 1. The van der Waals surface area contributed by atoms with Gasteiger partial charge in [-0.2, -0.15) is 38.2 Å². The predicted molar refractivity (Wildman–Crippen MR) is 220 cm³/mol. The van der Waals surface area contributed by atoms with Crippen LogP contribution in [0.5, 0.6) is 0 Å². The number of carbonyl (C=O) groups is 1. The lowest BCUT2D eigenvalue weighted by atomic mass is 9.75. The topological polar surface area (TPSA) is 281 Å². The quantitative estimate of drug-likeness (QED) is 0.0430. The summed E-state index contributed by atoms with van der Waals surface area (Å²) < 4.78 is 136. The molecule has 0 saturated heterocycles. The second-order valence-corrected chi connectivity index (χ2v) is 21.2. The fraction of sp³-hybridized carbons (Fsp3) is 0.474. The summed E-state index contributed by atoms with van der Waals surface area (Å²) in [5.41, 5.74) is 1.00. The van der Waals surface area contributed by atoms with Gasteiger partial charge in [-0.25, -0.2) is 0 Å². The zero-order valence-corrected chi connectivity index (χ0v) is 36.1. The summed E-state index contributed by atoms with van der Waals surface area (Å²) in [6, 6.07) is 7.53. The average molecular weight is 904 g/mol. The third kappa shape index (κ3) is 11.7. The van der Waals surface area contributed by atoms with Crippen LogP contribution >= 0.6 is 0 Å². The molecule has 6 N–H and O–H groups in total. The van der Waals surface area contributed by atoms with Crippen LogP contribution in [0.2, 0.25) is 0 Å². The summed E-state index contributed by atoms with van der Waals surface area (Å²) in [4.78, 5) is 12.3. The monoisotopic (exact) mass is 903 g/mol. The zero-order chi connectivity index (χ0) is 44.2. The number of aliphatic hydroxyl groups excluding tert-OH is 1. The van der Waals surface area contributed by atoms with E-state index in [9.17, 15) is 61.8 Å². The van der Waals surface area contributed by atoms with E-state index in [-0.39, 0.29) is 43.6 Å². The molecule has 0 aromatic heterocycles. The molecule has 0 fully saturated rings. The maximum absolute atomic E-state index is 12.2. The highest BCUT2D eigenvalue weighted by molar-refractivity contribution is 7.86. The number of unbranched alkanes of at least 4 members (excludes halogenated alkanes) is 2.